The molecule has 4 rings (SSSR count). The minimum atomic E-state index is -0.628. The molecule has 32 heavy (non-hydrogen) atoms. The highest BCUT2D eigenvalue weighted by Crippen LogP contribution is 2.44. The van der Waals surface area contributed by atoms with Crippen molar-refractivity contribution in [2.24, 2.45) is 0 Å². The Morgan fingerprint density at radius 1 is 1.09 bits per heavy atom. The Morgan fingerprint density at radius 3 is 2.47 bits per heavy atom. The number of hydrogen-bond acceptors (Lipinski definition) is 6. The molecule has 166 valence electrons. The monoisotopic (exact) mass is 451 g/mol. The number of aryl methyl sites for hydroxylation is 2. The lowest BCUT2D eigenvalue weighted by molar-refractivity contribution is -0.119. The number of rotatable bonds is 5. The Morgan fingerprint density at radius 2 is 1.81 bits per heavy atom. The summed E-state index contributed by atoms with van der Waals surface area (Å²) in [6.45, 7) is 3.88. The molecule has 0 aliphatic carbocycles. The van der Waals surface area contributed by atoms with Crippen LogP contribution in [0.25, 0.3) is 0 Å². The van der Waals surface area contributed by atoms with Crippen molar-refractivity contribution < 1.29 is 19.1 Å². The number of benzene rings is 2. The summed E-state index contributed by atoms with van der Waals surface area (Å²) in [4.78, 5) is 33.9. The van der Waals surface area contributed by atoms with E-state index in [0.717, 1.165) is 16.1 Å². The van der Waals surface area contributed by atoms with Gasteiger partial charge in [0, 0.05) is 17.5 Å². The molecule has 0 saturated heterocycles. The lowest BCUT2D eigenvalue weighted by Gasteiger charge is -2.39. The molecule has 0 radical (unpaired) electrons. The number of fused-ring (bicyclic) bond motifs is 1. The Bertz CT molecular complexity index is 1170. The lowest BCUT2D eigenvalue weighted by Crippen LogP contribution is -2.44. The smallest absolute Gasteiger partial charge is 0.254 e. The molecule has 0 saturated carbocycles. The van der Waals surface area contributed by atoms with Crippen molar-refractivity contribution in [2.75, 3.05) is 26.6 Å². The van der Waals surface area contributed by atoms with Gasteiger partial charge in [-0.2, -0.15) is 0 Å². The van der Waals surface area contributed by atoms with Crippen molar-refractivity contribution in [1.29, 1.82) is 0 Å². The fraction of sp³-hybridized carbons (Fsp3) is 0.292. The number of hydrogen-bond donors (Lipinski definition) is 1. The number of ether oxygens (including phenoxy) is 2. The van der Waals surface area contributed by atoms with E-state index >= 15 is 0 Å². The first kappa shape index (κ1) is 21.8. The first-order chi connectivity index (χ1) is 15.3. The zero-order chi connectivity index (χ0) is 23.0. The number of thiazole rings is 1. The molecule has 8 heteroatoms. The molecule has 2 amide bonds. The summed E-state index contributed by atoms with van der Waals surface area (Å²) >= 11 is 1.44. The second-order valence-electron chi connectivity index (χ2n) is 7.69. The van der Waals surface area contributed by atoms with Gasteiger partial charge in [-0.3, -0.25) is 9.59 Å². The number of aromatic nitrogens is 1. The lowest BCUT2D eigenvalue weighted by atomic mass is 9.79. The predicted octanol–water partition coefficient (Wildman–Crippen LogP) is 4.33. The third-order valence-electron chi connectivity index (χ3n) is 5.87. The zero-order valence-electron chi connectivity index (χ0n) is 18.6. The van der Waals surface area contributed by atoms with Crippen LogP contribution in [0.1, 0.15) is 44.0 Å². The molecule has 2 heterocycles. The van der Waals surface area contributed by atoms with Gasteiger partial charge in [-0.25, -0.2) is 4.98 Å². The number of methoxy groups -OCH3 is 2. The number of carbonyl (C=O) groups is 2. The maximum atomic E-state index is 13.6. The molecule has 7 nitrogen and oxygen atoms in total. The van der Waals surface area contributed by atoms with Gasteiger partial charge in [-0.15, -0.1) is 11.3 Å². The third kappa shape index (κ3) is 3.71. The third-order valence-corrected chi connectivity index (χ3v) is 6.86. The van der Waals surface area contributed by atoms with E-state index in [1.54, 1.807) is 38.3 Å². The summed E-state index contributed by atoms with van der Waals surface area (Å²) in [5.74, 6) is 0.137. The molecule has 0 bridgehead atoms. The summed E-state index contributed by atoms with van der Waals surface area (Å²) in [5.41, 5.74) is 2.88. The molecule has 0 unspecified atom stereocenters. The van der Waals surface area contributed by atoms with Gasteiger partial charge in [0.25, 0.3) is 5.91 Å². The maximum absolute atomic E-state index is 13.6. The van der Waals surface area contributed by atoms with Crippen LogP contribution in [0.4, 0.5) is 5.13 Å². The second kappa shape index (κ2) is 8.63. The molecule has 0 fully saturated rings. The standard InChI is InChI=1S/C24H25N3O4S/c1-13-14(2)32-24(25-13)26-22(28)20-16-8-6-7-9-17(16)23(29)27(3)21(20)15-10-11-18(30-4)19(12-15)31-5/h6-12,20-21H,1-5H3,(H,25,26,28)/t20-,21+/m0/s1. The molecule has 1 aliphatic heterocycles. The Labute approximate surface area is 191 Å². The molecular formula is C24H25N3O4S. The molecule has 3 aromatic rings. The maximum Gasteiger partial charge on any atom is 0.254 e. The Kier molecular flexibility index (Phi) is 5.88. The molecule has 1 N–H and O–H groups in total. The van der Waals surface area contributed by atoms with Gasteiger partial charge in [0.05, 0.1) is 31.9 Å². The van der Waals surface area contributed by atoms with Gasteiger partial charge >= 0.3 is 0 Å². The van der Waals surface area contributed by atoms with Crippen LogP contribution in [0, 0.1) is 13.8 Å². The minimum Gasteiger partial charge on any atom is -0.493 e. The van der Waals surface area contributed by atoms with E-state index in [1.165, 1.54) is 11.3 Å². The number of amides is 2. The van der Waals surface area contributed by atoms with Crippen molar-refractivity contribution >= 4 is 28.3 Å². The van der Waals surface area contributed by atoms with E-state index in [4.69, 9.17) is 9.47 Å². The number of carbonyl (C=O) groups excluding carboxylic acids is 2. The number of likely N-dealkylation sites (N-methyl/N-ethyl adjacent to an activating group) is 1. The van der Waals surface area contributed by atoms with Gasteiger partial charge in [-0.05, 0) is 43.2 Å². The van der Waals surface area contributed by atoms with Crippen molar-refractivity contribution in [3.05, 3.63) is 69.7 Å². The average molecular weight is 452 g/mol. The Balaban J connectivity index is 1.82. The minimum absolute atomic E-state index is 0.134. The first-order valence-corrected chi connectivity index (χ1v) is 11.0. The molecular weight excluding hydrogens is 426 g/mol. The number of nitrogens with one attached hydrogen (secondary N) is 1. The Hall–Kier alpha value is -3.39. The van der Waals surface area contributed by atoms with E-state index in [2.05, 4.69) is 10.3 Å². The van der Waals surface area contributed by atoms with Crippen LogP contribution in [0.5, 0.6) is 11.5 Å². The van der Waals surface area contributed by atoms with E-state index in [-0.39, 0.29) is 11.8 Å². The topological polar surface area (TPSA) is 80.8 Å². The summed E-state index contributed by atoms with van der Waals surface area (Å²) in [6.07, 6.45) is 0. The van der Waals surface area contributed by atoms with E-state index in [0.29, 0.717) is 27.8 Å². The molecule has 1 aromatic heterocycles. The van der Waals surface area contributed by atoms with E-state index < -0.39 is 12.0 Å². The molecule has 1 aliphatic rings. The quantitative estimate of drug-likeness (QED) is 0.625. The highest BCUT2D eigenvalue weighted by atomic mass is 32.1. The fourth-order valence-electron chi connectivity index (χ4n) is 4.12. The van der Waals surface area contributed by atoms with Crippen LogP contribution in [0.15, 0.2) is 42.5 Å². The highest BCUT2D eigenvalue weighted by molar-refractivity contribution is 7.15. The van der Waals surface area contributed by atoms with Crippen molar-refractivity contribution in [2.45, 2.75) is 25.8 Å². The normalized spacial score (nSPS) is 17.7. The van der Waals surface area contributed by atoms with Crippen LogP contribution in [-0.4, -0.2) is 43.0 Å². The average Bonchev–Trinajstić information content (AvgIpc) is 3.11. The van der Waals surface area contributed by atoms with Crippen molar-refractivity contribution in [1.82, 2.24) is 9.88 Å². The number of anilines is 1. The van der Waals surface area contributed by atoms with E-state index in [1.807, 2.05) is 44.2 Å². The number of nitrogens with zero attached hydrogens (tertiary/aromatic N) is 2. The van der Waals surface area contributed by atoms with Crippen LogP contribution in [0.3, 0.4) is 0 Å². The molecule has 2 aromatic carbocycles. The van der Waals surface area contributed by atoms with Crippen LogP contribution >= 0.6 is 11.3 Å². The molecule has 0 spiro atoms. The van der Waals surface area contributed by atoms with Crippen molar-refractivity contribution in [3.8, 4) is 11.5 Å². The summed E-state index contributed by atoms with van der Waals surface area (Å²) in [6, 6.07) is 12.2. The van der Waals surface area contributed by atoms with Gasteiger partial charge in [-0.1, -0.05) is 24.3 Å². The summed E-state index contributed by atoms with van der Waals surface area (Å²) in [5, 5.41) is 3.52. The van der Waals surface area contributed by atoms with Crippen LogP contribution < -0.4 is 14.8 Å². The highest BCUT2D eigenvalue weighted by Gasteiger charge is 2.43. The molecule has 2 atom stereocenters. The summed E-state index contributed by atoms with van der Waals surface area (Å²) in [7, 11) is 4.85. The van der Waals surface area contributed by atoms with Crippen LogP contribution in [0.2, 0.25) is 0 Å². The predicted molar refractivity (Wildman–Crippen MR) is 124 cm³/mol. The summed E-state index contributed by atoms with van der Waals surface area (Å²) < 4.78 is 10.8. The fourth-order valence-corrected chi connectivity index (χ4v) is 4.94. The van der Waals surface area contributed by atoms with E-state index in [9.17, 15) is 9.59 Å². The van der Waals surface area contributed by atoms with Gasteiger partial charge in [0.2, 0.25) is 5.91 Å². The zero-order valence-corrected chi connectivity index (χ0v) is 19.4. The second-order valence-corrected chi connectivity index (χ2v) is 8.89. The van der Waals surface area contributed by atoms with Gasteiger partial charge < -0.3 is 19.7 Å². The SMILES string of the molecule is COc1ccc([C@@H]2[C@@H](C(=O)Nc3nc(C)c(C)s3)c3ccccc3C(=O)N2C)cc1OC. The largest absolute Gasteiger partial charge is 0.493 e. The van der Waals surface area contributed by atoms with Gasteiger partial charge in [0.1, 0.15) is 0 Å². The van der Waals surface area contributed by atoms with Gasteiger partial charge in [0.15, 0.2) is 16.6 Å². The van der Waals surface area contributed by atoms with Crippen molar-refractivity contribution in [3.63, 3.8) is 0 Å². The first-order valence-electron chi connectivity index (χ1n) is 10.2. The van der Waals surface area contributed by atoms with Crippen LogP contribution in [-0.2, 0) is 4.79 Å².